The summed E-state index contributed by atoms with van der Waals surface area (Å²) >= 11 is 0. The van der Waals surface area contributed by atoms with Crippen LogP contribution < -0.4 is 0 Å². The van der Waals surface area contributed by atoms with Gasteiger partial charge in [-0.1, -0.05) is 164 Å². The fourth-order valence-electron chi connectivity index (χ4n) is 11.3. The lowest BCUT2D eigenvalue weighted by Crippen LogP contribution is -2.25. The highest BCUT2D eigenvalue weighted by Gasteiger charge is 2.51. The summed E-state index contributed by atoms with van der Waals surface area (Å²) in [4.78, 5) is 10.7. The van der Waals surface area contributed by atoms with Crippen LogP contribution in [0.15, 0.2) is 243 Å². The Kier molecular flexibility index (Phi) is 8.16. The smallest absolute Gasteiger partial charge is 0.145 e. The monoisotopic (exact) mass is 852 g/mol. The Labute approximate surface area is 388 Å². The Hall–Kier alpha value is -8.86. The van der Waals surface area contributed by atoms with E-state index in [9.17, 15) is 0 Å². The Morgan fingerprint density at radius 1 is 0.269 bits per heavy atom. The molecule has 2 heterocycles. The molecule has 0 fully saturated rings. The average molecular weight is 853 g/mol. The van der Waals surface area contributed by atoms with Gasteiger partial charge in [0.2, 0.25) is 0 Å². The van der Waals surface area contributed by atoms with Crippen molar-refractivity contribution in [2.24, 2.45) is 0 Å². The Morgan fingerprint density at radius 3 is 1.18 bits per heavy atom. The van der Waals surface area contributed by atoms with Crippen LogP contribution in [0.2, 0.25) is 0 Å². The van der Waals surface area contributed by atoms with Gasteiger partial charge in [0.1, 0.15) is 11.6 Å². The SMILES string of the molecule is c1ccc(-n2c(-c3cc(-c4cccc(-c5ccc6c(c5)C5(c7ccccc7-c7ccccc75)c5ccccc5-6)c4)cc(-c4nc5ccccc5n4-c4ccccc4)c3)nc3ccccc32)cc1. The van der Waals surface area contributed by atoms with Crippen LogP contribution in [0.25, 0.3) is 101 Å². The van der Waals surface area contributed by atoms with Gasteiger partial charge in [0.25, 0.3) is 0 Å². The van der Waals surface area contributed by atoms with Crippen LogP contribution in [-0.4, -0.2) is 19.1 Å². The normalized spacial score (nSPS) is 12.9. The minimum absolute atomic E-state index is 0.412. The molecule has 12 aromatic rings. The molecule has 2 aliphatic carbocycles. The molecule has 2 aromatic heterocycles. The first-order chi connectivity index (χ1) is 33.2. The van der Waals surface area contributed by atoms with Gasteiger partial charge in [-0.3, -0.25) is 9.13 Å². The molecule has 0 bridgehead atoms. The molecule has 0 saturated carbocycles. The fraction of sp³-hybridized carbons (Fsp3) is 0.0159. The second kappa shape index (κ2) is 14.6. The third-order valence-electron chi connectivity index (χ3n) is 14.1. The van der Waals surface area contributed by atoms with Crippen molar-refractivity contribution in [2.75, 3.05) is 0 Å². The van der Waals surface area contributed by atoms with Crippen LogP contribution >= 0.6 is 0 Å². The maximum atomic E-state index is 5.37. The van der Waals surface area contributed by atoms with Gasteiger partial charge in [0, 0.05) is 22.5 Å². The molecule has 10 aromatic carbocycles. The van der Waals surface area contributed by atoms with Crippen molar-refractivity contribution in [1.82, 2.24) is 19.1 Å². The second-order valence-corrected chi connectivity index (χ2v) is 17.7. The lowest BCUT2D eigenvalue weighted by atomic mass is 9.70. The zero-order valence-electron chi connectivity index (χ0n) is 36.4. The zero-order valence-corrected chi connectivity index (χ0v) is 36.4. The van der Waals surface area contributed by atoms with Crippen molar-refractivity contribution in [3.05, 3.63) is 265 Å². The minimum Gasteiger partial charge on any atom is -0.292 e. The van der Waals surface area contributed by atoms with Gasteiger partial charge < -0.3 is 0 Å². The standard InChI is InChI=1S/C63H40N4/c1-3-20-47(21-4-1)66-59-32-15-13-30-57(59)64-61(66)45-37-44(38-46(39-45)62-65-58-31-14-16-33-60(58)67(62)48-22-5-2-6-23-48)42-19-17-18-41(36-42)43-34-35-52-51-26-9-12-29-55(51)63(56(52)40-43)53-27-10-7-24-49(53)50-25-8-11-28-54(50)63/h1-40H. The molecule has 4 nitrogen and oxygen atoms in total. The highest BCUT2D eigenvalue weighted by molar-refractivity contribution is 5.96. The Morgan fingerprint density at radius 2 is 0.657 bits per heavy atom. The molecule has 67 heavy (non-hydrogen) atoms. The van der Waals surface area contributed by atoms with Gasteiger partial charge in [-0.15, -0.1) is 0 Å². The largest absolute Gasteiger partial charge is 0.292 e. The number of hydrogen-bond donors (Lipinski definition) is 0. The van der Waals surface area contributed by atoms with Gasteiger partial charge >= 0.3 is 0 Å². The van der Waals surface area contributed by atoms with Crippen molar-refractivity contribution >= 4 is 22.1 Å². The lowest BCUT2D eigenvalue weighted by Gasteiger charge is -2.30. The molecule has 1 spiro atoms. The molecule has 14 rings (SSSR count). The highest BCUT2D eigenvalue weighted by atomic mass is 15.1. The van der Waals surface area contributed by atoms with E-state index >= 15 is 0 Å². The summed E-state index contributed by atoms with van der Waals surface area (Å²) in [5, 5.41) is 0. The predicted molar refractivity (Wildman–Crippen MR) is 274 cm³/mol. The van der Waals surface area contributed by atoms with Gasteiger partial charge in [0.15, 0.2) is 0 Å². The molecule has 0 N–H and O–H groups in total. The summed E-state index contributed by atoms with van der Waals surface area (Å²) in [6, 6.07) is 88.1. The van der Waals surface area contributed by atoms with Crippen LogP contribution in [0.3, 0.4) is 0 Å². The summed E-state index contributed by atoms with van der Waals surface area (Å²) in [5.74, 6) is 1.74. The first kappa shape index (κ1) is 37.5. The molecule has 4 heteroatoms. The number of nitrogens with zero attached hydrogens (tertiary/aromatic N) is 4. The molecular weight excluding hydrogens is 813 g/mol. The van der Waals surface area contributed by atoms with E-state index in [0.29, 0.717) is 0 Å². The van der Waals surface area contributed by atoms with E-state index in [1.807, 2.05) is 0 Å². The molecule has 0 amide bonds. The minimum atomic E-state index is -0.412. The molecule has 0 unspecified atom stereocenters. The Bertz CT molecular complexity index is 3730. The molecule has 0 radical (unpaired) electrons. The molecule has 0 atom stereocenters. The number of imidazole rings is 2. The number of aromatic nitrogens is 4. The average Bonchev–Trinajstić information content (AvgIpc) is 4.15. The van der Waals surface area contributed by atoms with E-state index in [2.05, 4.69) is 252 Å². The molecule has 312 valence electrons. The van der Waals surface area contributed by atoms with E-state index in [1.165, 1.54) is 50.1 Å². The van der Waals surface area contributed by atoms with Crippen LogP contribution in [-0.2, 0) is 5.41 Å². The summed E-state index contributed by atoms with van der Waals surface area (Å²) < 4.78 is 4.57. The predicted octanol–water partition coefficient (Wildman–Crippen LogP) is 15.4. The first-order valence-electron chi connectivity index (χ1n) is 23.0. The van der Waals surface area contributed by atoms with Crippen molar-refractivity contribution < 1.29 is 0 Å². The van der Waals surface area contributed by atoms with Crippen LogP contribution in [0, 0.1) is 0 Å². The van der Waals surface area contributed by atoms with Crippen molar-refractivity contribution in [1.29, 1.82) is 0 Å². The topological polar surface area (TPSA) is 35.6 Å². The second-order valence-electron chi connectivity index (χ2n) is 17.7. The fourth-order valence-corrected chi connectivity index (χ4v) is 11.3. The van der Waals surface area contributed by atoms with Crippen LogP contribution in [0.5, 0.6) is 0 Å². The number of hydrogen-bond acceptors (Lipinski definition) is 2. The van der Waals surface area contributed by atoms with E-state index in [4.69, 9.17) is 9.97 Å². The van der Waals surface area contributed by atoms with Crippen LogP contribution in [0.1, 0.15) is 22.3 Å². The van der Waals surface area contributed by atoms with Gasteiger partial charge in [-0.25, -0.2) is 9.97 Å². The maximum Gasteiger partial charge on any atom is 0.145 e. The summed E-state index contributed by atoms with van der Waals surface area (Å²) in [7, 11) is 0. The Balaban J connectivity index is 0.984. The zero-order chi connectivity index (χ0) is 44.1. The highest BCUT2D eigenvalue weighted by Crippen LogP contribution is 2.63. The lowest BCUT2D eigenvalue weighted by molar-refractivity contribution is 0.794. The van der Waals surface area contributed by atoms with Crippen LogP contribution in [0.4, 0.5) is 0 Å². The van der Waals surface area contributed by atoms with Crippen molar-refractivity contribution in [3.63, 3.8) is 0 Å². The molecule has 0 saturated heterocycles. The molecular formula is C63H40N4. The molecule has 2 aliphatic rings. The van der Waals surface area contributed by atoms with Gasteiger partial charge in [-0.2, -0.15) is 0 Å². The number of rotatable bonds is 6. The summed E-state index contributed by atoms with van der Waals surface area (Å²) in [6.07, 6.45) is 0. The number of fused-ring (bicyclic) bond motifs is 12. The van der Waals surface area contributed by atoms with E-state index in [0.717, 1.165) is 72.9 Å². The first-order valence-corrected chi connectivity index (χ1v) is 23.0. The van der Waals surface area contributed by atoms with Gasteiger partial charge in [-0.05, 0) is 146 Å². The summed E-state index contributed by atoms with van der Waals surface area (Å²) in [6.45, 7) is 0. The maximum absolute atomic E-state index is 5.37. The van der Waals surface area contributed by atoms with E-state index in [-0.39, 0.29) is 0 Å². The molecule has 0 aliphatic heterocycles. The number of benzene rings is 10. The van der Waals surface area contributed by atoms with E-state index in [1.54, 1.807) is 0 Å². The summed E-state index contributed by atoms with van der Waals surface area (Å²) in [5.41, 5.74) is 22.8. The number of para-hydroxylation sites is 6. The van der Waals surface area contributed by atoms with Gasteiger partial charge in [0.05, 0.1) is 27.5 Å². The van der Waals surface area contributed by atoms with Crippen molar-refractivity contribution in [3.8, 4) is 78.7 Å². The van der Waals surface area contributed by atoms with Crippen molar-refractivity contribution in [2.45, 2.75) is 5.41 Å². The quantitative estimate of drug-likeness (QED) is 0.167. The third kappa shape index (κ3) is 5.54. The van der Waals surface area contributed by atoms with E-state index < -0.39 is 5.41 Å². The third-order valence-corrected chi connectivity index (χ3v) is 14.1.